The summed E-state index contributed by atoms with van der Waals surface area (Å²) in [6.45, 7) is 0. The van der Waals surface area contributed by atoms with Crippen LogP contribution < -0.4 is 0 Å². The maximum absolute atomic E-state index is 10.5. The molecule has 2 aromatic heterocycles. The first-order chi connectivity index (χ1) is 11.3. The molecular weight excluding hydrogens is 304 g/mol. The molecule has 0 radical (unpaired) electrons. The van der Waals surface area contributed by atoms with E-state index in [0.29, 0.717) is 0 Å². The summed E-state index contributed by atoms with van der Waals surface area (Å²) in [5.41, 5.74) is 3.82. The standard InChI is InChI=1S/C19H12N2OS/c22-17-10-12-11-5-1-2-6-14(11)20-16(12)9-13(17)19-21-15-7-3-4-8-18(15)23-19/h1-10,20,22H. The van der Waals surface area contributed by atoms with Crippen LogP contribution in [-0.4, -0.2) is 15.1 Å². The third-order valence-corrected chi connectivity index (χ3v) is 5.22. The van der Waals surface area contributed by atoms with E-state index in [9.17, 15) is 5.11 Å². The van der Waals surface area contributed by atoms with Crippen LogP contribution in [-0.2, 0) is 0 Å². The predicted octanol–water partition coefficient (Wildman–Crippen LogP) is 5.30. The molecule has 0 spiro atoms. The van der Waals surface area contributed by atoms with Crippen molar-refractivity contribution in [2.75, 3.05) is 0 Å². The van der Waals surface area contributed by atoms with Gasteiger partial charge in [-0.3, -0.25) is 0 Å². The summed E-state index contributed by atoms with van der Waals surface area (Å²) in [6, 6.07) is 20.0. The van der Waals surface area contributed by atoms with Crippen LogP contribution >= 0.6 is 11.3 Å². The number of nitrogens with zero attached hydrogens (tertiary/aromatic N) is 1. The fourth-order valence-electron chi connectivity index (χ4n) is 3.05. The molecule has 0 saturated carbocycles. The number of aromatic nitrogens is 2. The lowest BCUT2D eigenvalue weighted by molar-refractivity contribution is 0.478. The number of aromatic amines is 1. The molecule has 0 atom stereocenters. The Labute approximate surface area is 135 Å². The van der Waals surface area contributed by atoms with E-state index in [0.717, 1.165) is 42.6 Å². The Morgan fingerprint density at radius 3 is 2.61 bits per heavy atom. The molecule has 2 heterocycles. The van der Waals surface area contributed by atoms with Crippen molar-refractivity contribution in [2.45, 2.75) is 0 Å². The van der Waals surface area contributed by atoms with Crippen LogP contribution in [0.2, 0.25) is 0 Å². The average Bonchev–Trinajstić information content (AvgIpc) is 3.15. The normalized spacial score (nSPS) is 11.7. The minimum absolute atomic E-state index is 0.265. The summed E-state index contributed by atoms with van der Waals surface area (Å²) in [7, 11) is 0. The third-order valence-electron chi connectivity index (χ3n) is 4.15. The summed E-state index contributed by atoms with van der Waals surface area (Å²) in [4.78, 5) is 8.06. The predicted molar refractivity (Wildman–Crippen MR) is 96.1 cm³/mol. The molecule has 4 heteroatoms. The van der Waals surface area contributed by atoms with E-state index in [1.807, 2.05) is 48.5 Å². The minimum Gasteiger partial charge on any atom is -0.507 e. The van der Waals surface area contributed by atoms with Crippen molar-refractivity contribution in [1.29, 1.82) is 0 Å². The summed E-state index contributed by atoms with van der Waals surface area (Å²) in [5.74, 6) is 0.265. The molecule has 110 valence electrons. The second kappa shape index (κ2) is 4.57. The Bertz CT molecular complexity index is 1150. The number of benzene rings is 3. The summed E-state index contributed by atoms with van der Waals surface area (Å²) < 4.78 is 1.12. The highest BCUT2D eigenvalue weighted by molar-refractivity contribution is 7.21. The lowest BCUT2D eigenvalue weighted by atomic mass is 10.1. The van der Waals surface area contributed by atoms with E-state index < -0.39 is 0 Å². The van der Waals surface area contributed by atoms with Crippen molar-refractivity contribution in [3.05, 3.63) is 60.7 Å². The SMILES string of the molecule is Oc1cc2c(cc1-c1nc3ccccc3s1)[nH]c1ccccc12. The van der Waals surface area contributed by atoms with Crippen LogP contribution in [0.15, 0.2) is 60.7 Å². The van der Waals surface area contributed by atoms with E-state index in [-0.39, 0.29) is 5.75 Å². The zero-order chi connectivity index (χ0) is 15.4. The maximum Gasteiger partial charge on any atom is 0.128 e. The fraction of sp³-hybridized carbons (Fsp3) is 0. The second-order valence-electron chi connectivity index (χ2n) is 5.57. The van der Waals surface area contributed by atoms with Gasteiger partial charge >= 0.3 is 0 Å². The molecule has 0 unspecified atom stereocenters. The van der Waals surface area contributed by atoms with Crippen molar-refractivity contribution in [3.63, 3.8) is 0 Å². The minimum atomic E-state index is 0.265. The molecule has 2 N–H and O–H groups in total. The molecule has 5 aromatic rings. The summed E-state index contributed by atoms with van der Waals surface area (Å²) in [5, 5.41) is 13.5. The quantitative estimate of drug-likeness (QED) is 0.440. The Morgan fingerprint density at radius 1 is 0.870 bits per heavy atom. The first-order valence-electron chi connectivity index (χ1n) is 7.39. The molecule has 0 aliphatic carbocycles. The van der Waals surface area contributed by atoms with Gasteiger partial charge in [0.1, 0.15) is 10.8 Å². The molecule has 3 nitrogen and oxygen atoms in total. The van der Waals surface area contributed by atoms with E-state index in [4.69, 9.17) is 0 Å². The molecule has 0 bridgehead atoms. The smallest absolute Gasteiger partial charge is 0.128 e. The molecular formula is C19H12N2OS. The van der Waals surface area contributed by atoms with Gasteiger partial charge in [-0.2, -0.15) is 0 Å². The zero-order valence-electron chi connectivity index (χ0n) is 12.1. The Kier molecular flexibility index (Phi) is 2.52. The van der Waals surface area contributed by atoms with Crippen molar-refractivity contribution < 1.29 is 5.11 Å². The first kappa shape index (κ1) is 12.7. The van der Waals surface area contributed by atoms with E-state index in [1.54, 1.807) is 11.3 Å². The van der Waals surface area contributed by atoms with E-state index in [1.165, 1.54) is 0 Å². The van der Waals surface area contributed by atoms with Crippen molar-refractivity contribution in [3.8, 4) is 16.3 Å². The number of phenolic OH excluding ortho intramolecular Hbond substituents is 1. The monoisotopic (exact) mass is 316 g/mol. The van der Waals surface area contributed by atoms with Crippen LogP contribution in [0.4, 0.5) is 0 Å². The van der Waals surface area contributed by atoms with Crippen LogP contribution in [0, 0.1) is 0 Å². The van der Waals surface area contributed by atoms with Crippen LogP contribution in [0.3, 0.4) is 0 Å². The molecule has 0 amide bonds. The van der Waals surface area contributed by atoms with Gasteiger partial charge < -0.3 is 10.1 Å². The van der Waals surface area contributed by atoms with Gasteiger partial charge in [-0.15, -0.1) is 11.3 Å². The number of para-hydroxylation sites is 2. The largest absolute Gasteiger partial charge is 0.507 e. The molecule has 0 aliphatic rings. The fourth-order valence-corrected chi connectivity index (χ4v) is 4.04. The van der Waals surface area contributed by atoms with Gasteiger partial charge in [-0.1, -0.05) is 30.3 Å². The van der Waals surface area contributed by atoms with Gasteiger partial charge in [-0.05, 0) is 30.3 Å². The number of rotatable bonds is 1. The lowest BCUT2D eigenvalue weighted by Gasteiger charge is -2.01. The molecule has 0 saturated heterocycles. The average molecular weight is 316 g/mol. The maximum atomic E-state index is 10.5. The van der Waals surface area contributed by atoms with Gasteiger partial charge in [0.25, 0.3) is 0 Å². The van der Waals surface area contributed by atoms with Crippen LogP contribution in [0.25, 0.3) is 42.6 Å². The van der Waals surface area contributed by atoms with Gasteiger partial charge in [0.15, 0.2) is 0 Å². The molecule has 23 heavy (non-hydrogen) atoms. The topological polar surface area (TPSA) is 48.9 Å². The highest BCUT2D eigenvalue weighted by Gasteiger charge is 2.13. The third kappa shape index (κ3) is 1.85. The molecule has 0 aliphatic heterocycles. The molecule has 0 fully saturated rings. The number of thiazole rings is 1. The van der Waals surface area contributed by atoms with Gasteiger partial charge in [0, 0.05) is 21.8 Å². The van der Waals surface area contributed by atoms with Gasteiger partial charge in [0.2, 0.25) is 0 Å². The van der Waals surface area contributed by atoms with E-state index in [2.05, 4.69) is 22.1 Å². The summed E-state index contributed by atoms with van der Waals surface area (Å²) >= 11 is 1.59. The number of phenols is 1. The van der Waals surface area contributed by atoms with E-state index >= 15 is 0 Å². The van der Waals surface area contributed by atoms with Crippen molar-refractivity contribution in [2.24, 2.45) is 0 Å². The number of fused-ring (bicyclic) bond motifs is 4. The Morgan fingerprint density at radius 2 is 1.70 bits per heavy atom. The van der Waals surface area contributed by atoms with Crippen molar-refractivity contribution >= 4 is 43.4 Å². The number of nitrogens with one attached hydrogen (secondary N) is 1. The summed E-state index contributed by atoms with van der Waals surface area (Å²) in [6.07, 6.45) is 0. The number of hydrogen-bond donors (Lipinski definition) is 2. The second-order valence-corrected chi connectivity index (χ2v) is 6.60. The van der Waals surface area contributed by atoms with Crippen LogP contribution in [0.1, 0.15) is 0 Å². The van der Waals surface area contributed by atoms with Gasteiger partial charge in [0.05, 0.1) is 15.8 Å². The number of hydrogen-bond acceptors (Lipinski definition) is 3. The zero-order valence-corrected chi connectivity index (χ0v) is 12.9. The van der Waals surface area contributed by atoms with Crippen molar-refractivity contribution in [1.82, 2.24) is 9.97 Å². The number of aromatic hydroxyl groups is 1. The number of H-pyrrole nitrogens is 1. The highest BCUT2D eigenvalue weighted by Crippen LogP contribution is 2.39. The Hall–Kier alpha value is -2.85. The molecule has 5 rings (SSSR count). The van der Waals surface area contributed by atoms with Gasteiger partial charge in [-0.25, -0.2) is 4.98 Å². The first-order valence-corrected chi connectivity index (χ1v) is 8.20. The molecule has 3 aromatic carbocycles. The lowest BCUT2D eigenvalue weighted by Crippen LogP contribution is -1.79. The Balaban J connectivity index is 1.80. The highest BCUT2D eigenvalue weighted by atomic mass is 32.1. The van der Waals surface area contributed by atoms with Crippen LogP contribution in [0.5, 0.6) is 5.75 Å².